The third kappa shape index (κ3) is 5.38. The smallest absolute Gasteiger partial charge is 0.315 e. The molecule has 6 nitrogen and oxygen atoms in total. The largest absolute Gasteiger partial charge is 0.481 e. The second kappa shape index (κ2) is 9.71. The van der Waals surface area contributed by atoms with Crippen molar-refractivity contribution in [3.05, 3.63) is 69.2 Å². The number of aryl methyl sites for hydroxylation is 1. The highest BCUT2D eigenvalue weighted by atomic mass is 35.5. The van der Waals surface area contributed by atoms with Crippen molar-refractivity contribution in [2.45, 2.75) is 38.1 Å². The standard InChI is InChI=1S/C23H24Cl2N2O4/c1-23(11-5-7-14-6-2-3-8-16(14)23)27-22(31)26-13-15(21(29)30)12-19(28)20-17(24)9-4-10-18(20)25/h2-4,6,8-10,15H,5,7,11-13H2,1H3,(H,29,30)(H2,26,27,31)/t15-,23?/m0/s1. The Hall–Kier alpha value is -2.57. The number of nitrogens with one attached hydrogen (secondary N) is 2. The fourth-order valence-electron chi connectivity index (χ4n) is 4.02. The fourth-order valence-corrected chi connectivity index (χ4v) is 4.63. The molecule has 3 rings (SSSR count). The maximum absolute atomic E-state index is 12.6. The number of hydrogen-bond donors (Lipinski definition) is 3. The van der Waals surface area contributed by atoms with Gasteiger partial charge in [-0.05, 0) is 49.4 Å². The average molecular weight is 463 g/mol. The zero-order valence-electron chi connectivity index (χ0n) is 17.1. The zero-order valence-corrected chi connectivity index (χ0v) is 18.6. The minimum Gasteiger partial charge on any atom is -0.481 e. The molecule has 3 N–H and O–H groups in total. The predicted octanol–water partition coefficient (Wildman–Crippen LogP) is 4.82. The number of fused-ring (bicyclic) bond motifs is 1. The molecule has 0 radical (unpaired) electrons. The van der Waals surface area contributed by atoms with Crippen molar-refractivity contribution in [3.8, 4) is 0 Å². The lowest BCUT2D eigenvalue weighted by atomic mass is 9.78. The van der Waals surface area contributed by atoms with Gasteiger partial charge in [0.2, 0.25) is 0 Å². The molecule has 0 saturated heterocycles. The maximum atomic E-state index is 12.6. The molecule has 0 fully saturated rings. The van der Waals surface area contributed by atoms with E-state index in [0.29, 0.717) is 0 Å². The number of carboxylic acids is 1. The predicted molar refractivity (Wildman–Crippen MR) is 120 cm³/mol. The minimum absolute atomic E-state index is 0.0906. The van der Waals surface area contributed by atoms with Crippen LogP contribution in [-0.4, -0.2) is 29.4 Å². The third-order valence-corrected chi connectivity index (χ3v) is 6.29. The van der Waals surface area contributed by atoms with Gasteiger partial charge in [0.25, 0.3) is 0 Å². The highest BCUT2D eigenvalue weighted by Gasteiger charge is 2.33. The van der Waals surface area contributed by atoms with Gasteiger partial charge in [-0.25, -0.2) is 4.79 Å². The van der Waals surface area contributed by atoms with Gasteiger partial charge in [-0.15, -0.1) is 0 Å². The van der Waals surface area contributed by atoms with E-state index >= 15 is 0 Å². The summed E-state index contributed by atoms with van der Waals surface area (Å²) >= 11 is 12.1. The van der Waals surface area contributed by atoms with Gasteiger partial charge in [0.1, 0.15) is 0 Å². The van der Waals surface area contributed by atoms with Gasteiger partial charge in [-0.1, -0.05) is 53.5 Å². The Balaban J connectivity index is 1.64. The number of carbonyl (C=O) groups is 3. The van der Waals surface area contributed by atoms with Crippen LogP contribution in [0.25, 0.3) is 0 Å². The van der Waals surface area contributed by atoms with Gasteiger partial charge < -0.3 is 15.7 Å². The van der Waals surface area contributed by atoms with Crippen molar-refractivity contribution in [3.63, 3.8) is 0 Å². The first kappa shape index (κ1) is 23.1. The van der Waals surface area contributed by atoms with Crippen molar-refractivity contribution < 1.29 is 19.5 Å². The number of ketones is 1. The SMILES string of the molecule is CC1(NC(=O)NC[C@H](CC(=O)c2c(Cl)cccc2Cl)C(=O)O)CCCc2ccccc21. The fraction of sp³-hybridized carbons (Fsp3) is 0.348. The molecule has 1 unspecified atom stereocenters. The van der Waals surface area contributed by atoms with Crippen LogP contribution < -0.4 is 10.6 Å². The van der Waals surface area contributed by atoms with E-state index in [-0.39, 0.29) is 28.6 Å². The summed E-state index contributed by atoms with van der Waals surface area (Å²) in [6.45, 7) is 1.76. The molecule has 0 aromatic heterocycles. The first-order valence-electron chi connectivity index (χ1n) is 10.1. The highest BCUT2D eigenvalue weighted by molar-refractivity contribution is 6.39. The topological polar surface area (TPSA) is 95.5 Å². The van der Waals surface area contributed by atoms with Crippen molar-refractivity contribution in [1.82, 2.24) is 10.6 Å². The quantitative estimate of drug-likeness (QED) is 0.514. The molecule has 2 atom stereocenters. The molecule has 2 amide bonds. The molecule has 1 aliphatic rings. The van der Waals surface area contributed by atoms with E-state index in [2.05, 4.69) is 16.7 Å². The van der Waals surface area contributed by atoms with E-state index in [0.717, 1.165) is 24.8 Å². The number of Topliss-reactive ketones (excluding diaryl/α,β-unsaturated/α-hetero) is 1. The summed E-state index contributed by atoms with van der Waals surface area (Å²) in [5, 5.41) is 15.4. The Kier molecular flexibility index (Phi) is 7.23. The second-order valence-corrected chi connectivity index (χ2v) is 8.75. The summed E-state index contributed by atoms with van der Waals surface area (Å²) in [6.07, 6.45) is 2.35. The Labute approximate surface area is 190 Å². The van der Waals surface area contributed by atoms with Crippen molar-refractivity contribution in [2.75, 3.05) is 6.54 Å². The van der Waals surface area contributed by atoms with E-state index in [1.165, 1.54) is 17.7 Å². The molecule has 0 spiro atoms. The van der Waals surface area contributed by atoms with Gasteiger partial charge in [-0.3, -0.25) is 9.59 Å². The number of urea groups is 1. The van der Waals surface area contributed by atoms with E-state index in [1.54, 1.807) is 6.07 Å². The van der Waals surface area contributed by atoms with Gasteiger partial charge >= 0.3 is 12.0 Å². The first-order valence-corrected chi connectivity index (χ1v) is 10.8. The normalized spacial score (nSPS) is 18.5. The molecule has 0 bridgehead atoms. The molecule has 0 heterocycles. The monoisotopic (exact) mass is 462 g/mol. The number of rotatable bonds is 7. The maximum Gasteiger partial charge on any atom is 0.315 e. The van der Waals surface area contributed by atoms with Crippen LogP contribution in [0.3, 0.4) is 0 Å². The van der Waals surface area contributed by atoms with Crippen LogP contribution in [0, 0.1) is 5.92 Å². The molecule has 0 aliphatic heterocycles. The Morgan fingerprint density at radius 1 is 1.10 bits per heavy atom. The molecule has 2 aromatic rings. The second-order valence-electron chi connectivity index (χ2n) is 7.94. The number of hydrogen-bond acceptors (Lipinski definition) is 3. The van der Waals surface area contributed by atoms with E-state index in [4.69, 9.17) is 23.2 Å². The summed E-state index contributed by atoms with van der Waals surface area (Å²) in [5.41, 5.74) is 1.81. The molecule has 2 aromatic carbocycles. The lowest BCUT2D eigenvalue weighted by Gasteiger charge is -2.37. The van der Waals surface area contributed by atoms with Gasteiger partial charge in [0, 0.05) is 13.0 Å². The van der Waals surface area contributed by atoms with Gasteiger partial charge in [-0.2, -0.15) is 0 Å². The van der Waals surface area contributed by atoms with Crippen LogP contribution in [0.5, 0.6) is 0 Å². The number of carboxylic acid groups (broad SMARTS) is 1. The Morgan fingerprint density at radius 3 is 2.45 bits per heavy atom. The summed E-state index contributed by atoms with van der Waals surface area (Å²) in [4.78, 5) is 36.8. The number of aliphatic carboxylic acids is 1. The number of benzene rings is 2. The minimum atomic E-state index is -1.19. The van der Waals surface area contributed by atoms with Crippen LogP contribution in [0.15, 0.2) is 42.5 Å². The lowest BCUT2D eigenvalue weighted by Crippen LogP contribution is -2.51. The van der Waals surface area contributed by atoms with Crippen LogP contribution in [0.2, 0.25) is 10.0 Å². The van der Waals surface area contributed by atoms with Crippen LogP contribution in [0.1, 0.15) is 47.7 Å². The number of amides is 2. The van der Waals surface area contributed by atoms with Crippen LogP contribution >= 0.6 is 23.2 Å². The molecule has 1 aliphatic carbocycles. The van der Waals surface area contributed by atoms with E-state index in [9.17, 15) is 19.5 Å². The highest BCUT2D eigenvalue weighted by Crippen LogP contribution is 2.34. The molecule has 0 saturated carbocycles. The molecular weight excluding hydrogens is 439 g/mol. The lowest BCUT2D eigenvalue weighted by molar-refractivity contribution is -0.141. The summed E-state index contributed by atoms with van der Waals surface area (Å²) in [7, 11) is 0. The van der Waals surface area contributed by atoms with Crippen molar-refractivity contribution in [2.24, 2.45) is 5.92 Å². The molecular formula is C23H24Cl2N2O4. The molecule has 8 heteroatoms. The van der Waals surface area contributed by atoms with Crippen molar-refractivity contribution in [1.29, 1.82) is 0 Å². The van der Waals surface area contributed by atoms with E-state index < -0.39 is 29.2 Å². The molecule has 164 valence electrons. The van der Waals surface area contributed by atoms with Gasteiger partial charge in [0.15, 0.2) is 5.78 Å². The van der Waals surface area contributed by atoms with E-state index in [1.807, 2.05) is 25.1 Å². The zero-order chi connectivity index (χ0) is 22.6. The first-order chi connectivity index (χ1) is 14.7. The summed E-state index contributed by atoms with van der Waals surface area (Å²) < 4.78 is 0. The Bertz CT molecular complexity index is 991. The Morgan fingerprint density at radius 2 is 1.77 bits per heavy atom. The van der Waals surface area contributed by atoms with Gasteiger partial charge in [0.05, 0.1) is 27.1 Å². The number of carbonyl (C=O) groups excluding carboxylic acids is 2. The third-order valence-electron chi connectivity index (χ3n) is 5.66. The average Bonchev–Trinajstić information content (AvgIpc) is 2.71. The molecule has 31 heavy (non-hydrogen) atoms. The summed E-state index contributed by atoms with van der Waals surface area (Å²) in [6, 6.07) is 12.1. The number of halogens is 2. The van der Waals surface area contributed by atoms with Crippen LogP contribution in [-0.2, 0) is 16.8 Å². The van der Waals surface area contributed by atoms with Crippen LogP contribution in [0.4, 0.5) is 4.79 Å². The summed E-state index contributed by atoms with van der Waals surface area (Å²) in [5.74, 6) is -2.79. The van der Waals surface area contributed by atoms with Crippen molar-refractivity contribution >= 4 is 41.0 Å².